The lowest BCUT2D eigenvalue weighted by molar-refractivity contribution is -0.441. The molecule has 8 rings (SSSR count). The molecular weight excluding hydrogens is 669 g/mol. The van der Waals surface area contributed by atoms with Gasteiger partial charge in [-0.15, -0.1) is 0 Å². The Kier molecular flexibility index (Phi) is 9.78. The predicted molar refractivity (Wildman–Crippen MR) is 233 cm³/mol. The van der Waals surface area contributed by atoms with Crippen molar-refractivity contribution in [3.8, 4) is 11.5 Å². The van der Waals surface area contributed by atoms with E-state index in [1.165, 1.54) is 79.4 Å². The van der Waals surface area contributed by atoms with Gasteiger partial charge in [-0.1, -0.05) is 100 Å². The van der Waals surface area contributed by atoms with Gasteiger partial charge in [0.15, 0.2) is 11.4 Å². The van der Waals surface area contributed by atoms with E-state index in [9.17, 15) is 0 Å². The average molecular weight is 727 g/mol. The Morgan fingerprint density at radius 2 is 0.873 bits per heavy atom. The lowest BCUT2D eigenvalue weighted by Gasteiger charge is -2.24. The summed E-state index contributed by atoms with van der Waals surface area (Å²) >= 11 is 0. The number of hydrogen-bond donors (Lipinski definition) is 0. The Balaban J connectivity index is 1.02. The van der Waals surface area contributed by atoms with Gasteiger partial charge in [0, 0.05) is 49.9 Å². The van der Waals surface area contributed by atoms with Crippen molar-refractivity contribution in [3.63, 3.8) is 0 Å². The van der Waals surface area contributed by atoms with E-state index >= 15 is 0 Å². The topological polar surface area (TPSA) is 15.2 Å². The molecule has 280 valence electrons. The second kappa shape index (κ2) is 14.6. The molecule has 2 aliphatic heterocycles. The van der Waals surface area contributed by atoms with Gasteiger partial charge >= 0.3 is 0 Å². The summed E-state index contributed by atoms with van der Waals surface area (Å²) in [7, 11) is 0. The smallest absolute Gasteiger partial charge is 0.210 e. The van der Waals surface area contributed by atoms with Gasteiger partial charge in [-0.2, -0.15) is 9.15 Å². The maximum atomic E-state index is 6.46. The van der Waals surface area contributed by atoms with Crippen LogP contribution in [0.3, 0.4) is 0 Å². The van der Waals surface area contributed by atoms with Crippen molar-refractivity contribution in [1.29, 1.82) is 0 Å². The number of ether oxygens (including phenoxy) is 1. The summed E-state index contributed by atoms with van der Waals surface area (Å²) in [5.41, 5.74) is 11.0. The molecule has 0 fully saturated rings. The van der Waals surface area contributed by atoms with Gasteiger partial charge in [0.1, 0.15) is 24.6 Å². The fourth-order valence-corrected chi connectivity index (χ4v) is 9.54. The zero-order valence-electron chi connectivity index (χ0n) is 34.2. The van der Waals surface area contributed by atoms with E-state index < -0.39 is 0 Å². The summed E-state index contributed by atoms with van der Waals surface area (Å²) in [5, 5.41) is 5.36. The summed E-state index contributed by atoms with van der Waals surface area (Å²) in [6.45, 7) is 21.0. The molecule has 0 saturated heterocycles. The predicted octanol–water partition coefficient (Wildman–Crippen LogP) is 13.1. The largest absolute Gasteiger partial charge is 0.457 e. The van der Waals surface area contributed by atoms with E-state index in [1.807, 2.05) is 0 Å². The Labute approximate surface area is 329 Å². The van der Waals surface area contributed by atoms with Gasteiger partial charge in [-0.3, -0.25) is 0 Å². The molecule has 0 radical (unpaired) electrons. The first-order valence-corrected chi connectivity index (χ1v) is 20.6. The van der Waals surface area contributed by atoms with Crippen molar-refractivity contribution in [2.75, 3.05) is 13.1 Å². The first-order valence-electron chi connectivity index (χ1n) is 20.6. The van der Waals surface area contributed by atoms with Gasteiger partial charge in [0.2, 0.25) is 11.4 Å². The van der Waals surface area contributed by atoms with E-state index in [-0.39, 0.29) is 10.8 Å². The molecule has 2 unspecified atom stereocenters. The van der Waals surface area contributed by atoms with Gasteiger partial charge in [-0.25, -0.2) is 0 Å². The van der Waals surface area contributed by atoms with Crippen molar-refractivity contribution in [3.05, 3.63) is 144 Å². The number of fused-ring (bicyclic) bond motifs is 6. The minimum Gasteiger partial charge on any atom is -0.457 e. The Morgan fingerprint density at radius 3 is 1.25 bits per heavy atom. The van der Waals surface area contributed by atoms with Crippen LogP contribution in [0.4, 0.5) is 11.4 Å². The van der Waals surface area contributed by atoms with E-state index in [0.29, 0.717) is 11.8 Å². The van der Waals surface area contributed by atoms with Crippen LogP contribution in [0.1, 0.15) is 90.5 Å². The second-order valence-electron chi connectivity index (χ2n) is 17.6. The summed E-state index contributed by atoms with van der Waals surface area (Å²) in [6, 6.07) is 44.7. The molecule has 0 spiro atoms. The summed E-state index contributed by atoms with van der Waals surface area (Å²) < 4.78 is 11.7. The van der Waals surface area contributed by atoms with Crippen molar-refractivity contribution in [2.24, 2.45) is 11.8 Å². The molecule has 6 aromatic carbocycles. The normalized spacial score (nSPS) is 19.3. The second-order valence-corrected chi connectivity index (χ2v) is 17.6. The van der Waals surface area contributed by atoms with Crippen LogP contribution in [0.5, 0.6) is 11.5 Å². The fraction of sp³-hybridized carbons (Fsp3) is 0.346. The van der Waals surface area contributed by atoms with Gasteiger partial charge in [0.25, 0.3) is 0 Å². The first kappa shape index (κ1) is 36.9. The van der Waals surface area contributed by atoms with E-state index in [1.54, 1.807) is 0 Å². The Morgan fingerprint density at radius 1 is 0.491 bits per heavy atom. The molecule has 0 bridgehead atoms. The molecule has 2 atom stereocenters. The molecule has 2 heterocycles. The molecule has 3 heteroatoms. The third kappa shape index (κ3) is 6.70. The third-order valence-corrected chi connectivity index (χ3v) is 13.0. The molecule has 2 aliphatic rings. The molecule has 0 amide bonds. The van der Waals surface area contributed by atoms with Crippen LogP contribution >= 0.6 is 0 Å². The summed E-state index contributed by atoms with van der Waals surface area (Å²) in [4.78, 5) is 0. The quantitative estimate of drug-likeness (QED) is 0.115. The van der Waals surface area contributed by atoms with Crippen molar-refractivity contribution >= 4 is 44.3 Å². The molecule has 3 nitrogen and oxygen atoms in total. The van der Waals surface area contributed by atoms with Crippen LogP contribution in [-0.4, -0.2) is 33.7 Å². The lowest BCUT2D eigenvalue weighted by atomic mass is 9.73. The molecular formula is C52H58N2O+2. The number of nitrogens with zero attached hydrogens (tertiary/aromatic N) is 2. The number of benzene rings is 6. The standard InChI is InChI=1S/C52H58N2O/c1-35(2)29-31-53-37(5)51(7,49-45-15-11-9-13-41(45)21-27-47(49)53)33-39-17-23-43(24-18-39)55-44-25-19-40(20-26-44)34-52(8)38(6)54(32-30-36(3)4)48-28-22-42-14-10-12-16-46(42)50(48)52/h9-28,35-36H,29-34H2,1-8H3/q+2. The lowest BCUT2D eigenvalue weighted by Crippen LogP contribution is -2.33. The Hall–Kier alpha value is -5.02. The monoisotopic (exact) mass is 726 g/mol. The van der Waals surface area contributed by atoms with E-state index in [2.05, 4.69) is 186 Å². The summed E-state index contributed by atoms with van der Waals surface area (Å²) in [6.07, 6.45) is 4.23. The van der Waals surface area contributed by atoms with Crippen LogP contribution in [0.15, 0.2) is 121 Å². The van der Waals surface area contributed by atoms with Crippen LogP contribution in [-0.2, 0) is 23.7 Å². The van der Waals surface area contributed by atoms with Gasteiger partial charge in [-0.05, 0) is 108 Å². The van der Waals surface area contributed by atoms with Crippen LogP contribution < -0.4 is 4.74 Å². The number of rotatable bonds is 12. The SMILES string of the molecule is CC1=[N+](CCC(C)C)c2ccc3ccccc3c2C1(C)Cc1ccc(Oc2ccc(CC3(C)C(C)=[N+](CCC(C)C)c4ccc5ccccc5c43)cc2)cc1. The summed E-state index contributed by atoms with van der Waals surface area (Å²) in [5.74, 6) is 3.06. The highest BCUT2D eigenvalue weighted by atomic mass is 16.5. The zero-order chi connectivity index (χ0) is 38.5. The highest BCUT2D eigenvalue weighted by Gasteiger charge is 2.49. The van der Waals surface area contributed by atoms with Crippen LogP contribution in [0.25, 0.3) is 21.5 Å². The maximum absolute atomic E-state index is 6.46. The van der Waals surface area contributed by atoms with Gasteiger partial charge in [0.05, 0.1) is 10.8 Å². The Bertz CT molecular complexity index is 2280. The molecule has 0 saturated carbocycles. The van der Waals surface area contributed by atoms with Crippen molar-refractivity contribution < 1.29 is 13.9 Å². The highest BCUT2D eigenvalue weighted by Crippen LogP contribution is 2.48. The molecule has 0 aliphatic carbocycles. The zero-order valence-corrected chi connectivity index (χ0v) is 34.2. The average Bonchev–Trinajstić information content (AvgIpc) is 3.52. The third-order valence-electron chi connectivity index (χ3n) is 13.0. The minimum absolute atomic E-state index is 0.102. The number of hydrogen-bond acceptors (Lipinski definition) is 1. The van der Waals surface area contributed by atoms with Gasteiger partial charge < -0.3 is 4.74 Å². The van der Waals surface area contributed by atoms with Crippen LogP contribution in [0, 0.1) is 11.8 Å². The first-order chi connectivity index (χ1) is 26.5. The van der Waals surface area contributed by atoms with Crippen LogP contribution in [0.2, 0.25) is 0 Å². The van der Waals surface area contributed by atoms with Crippen molar-refractivity contribution in [1.82, 2.24) is 0 Å². The van der Waals surface area contributed by atoms with Crippen molar-refractivity contribution in [2.45, 2.75) is 91.9 Å². The molecule has 0 aromatic heterocycles. The molecule has 0 N–H and O–H groups in total. The van der Waals surface area contributed by atoms with E-state index in [0.717, 1.165) is 37.4 Å². The highest BCUT2D eigenvalue weighted by molar-refractivity contribution is 6.03. The molecule has 6 aromatic rings. The maximum Gasteiger partial charge on any atom is 0.210 e. The van der Waals surface area contributed by atoms with E-state index in [4.69, 9.17) is 4.74 Å². The molecule has 55 heavy (non-hydrogen) atoms. The minimum atomic E-state index is -0.102. The fourth-order valence-electron chi connectivity index (χ4n) is 9.54.